The lowest BCUT2D eigenvalue weighted by atomic mass is 10.1. The maximum atomic E-state index is 10.8. The average Bonchev–Trinajstić information content (AvgIpc) is 2.45. The number of benzene rings is 2. The third kappa shape index (κ3) is 3.72. The fraction of sp³-hybridized carbons (Fsp3) is 0.200. The highest BCUT2D eigenvalue weighted by Crippen LogP contribution is 2.28. The van der Waals surface area contributed by atoms with Gasteiger partial charge in [0.25, 0.3) is 5.69 Å². The van der Waals surface area contributed by atoms with Crippen LogP contribution in [0.2, 0.25) is 0 Å². The fourth-order valence-electron chi connectivity index (χ4n) is 2.01. The summed E-state index contributed by atoms with van der Waals surface area (Å²) in [5.41, 5.74) is 3.04. The number of hydrogen-bond donors (Lipinski definition) is 1. The molecule has 0 radical (unpaired) electrons. The van der Waals surface area contributed by atoms with Crippen LogP contribution in [-0.4, -0.2) is 12.0 Å². The van der Waals surface area contributed by atoms with Crippen molar-refractivity contribution < 1.29 is 9.66 Å². The van der Waals surface area contributed by atoms with Crippen LogP contribution in [0.5, 0.6) is 5.75 Å². The van der Waals surface area contributed by atoms with Gasteiger partial charge >= 0.3 is 0 Å². The fourth-order valence-corrected chi connectivity index (χ4v) is 2.53. The van der Waals surface area contributed by atoms with Gasteiger partial charge in [-0.25, -0.2) is 0 Å². The topological polar surface area (TPSA) is 64.4 Å². The van der Waals surface area contributed by atoms with Gasteiger partial charge in [-0.2, -0.15) is 0 Å². The minimum atomic E-state index is -0.419. The van der Waals surface area contributed by atoms with E-state index in [1.165, 1.54) is 6.07 Å². The number of ether oxygens (including phenoxy) is 1. The van der Waals surface area contributed by atoms with Gasteiger partial charge in [0.2, 0.25) is 0 Å². The Morgan fingerprint density at radius 2 is 2.05 bits per heavy atom. The lowest BCUT2D eigenvalue weighted by Gasteiger charge is -2.11. The quantitative estimate of drug-likeness (QED) is 0.645. The predicted molar refractivity (Wildman–Crippen MR) is 85.9 cm³/mol. The van der Waals surface area contributed by atoms with E-state index >= 15 is 0 Å². The molecule has 2 aromatic rings. The molecule has 0 aromatic heterocycles. The summed E-state index contributed by atoms with van der Waals surface area (Å²) in [5, 5.41) is 14.0. The maximum Gasteiger partial charge on any atom is 0.283 e. The van der Waals surface area contributed by atoms with E-state index in [0.717, 1.165) is 22.6 Å². The Kier molecular flexibility index (Phi) is 4.80. The standard InChI is InChI=1S/C15H15BrN2O3/c1-10-3-6-15(21-2)11(7-10)9-17-12-4-5-14(18(19)20)13(16)8-12/h3-8,17H,9H2,1-2H3. The molecule has 0 saturated heterocycles. The van der Waals surface area contributed by atoms with Gasteiger partial charge in [0.1, 0.15) is 5.75 Å². The molecule has 0 spiro atoms. The van der Waals surface area contributed by atoms with Crippen molar-refractivity contribution in [3.8, 4) is 5.75 Å². The SMILES string of the molecule is COc1ccc(C)cc1CNc1ccc([N+](=O)[O-])c(Br)c1. The molecule has 0 aliphatic carbocycles. The van der Waals surface area contributed by atoms with Crippen LogP contribution in [0.15, 0.2) is 40.9 Å². The monoisotopic (exact) mass is 350 g/mol. The molecule has 0 amide bonds. The Morgan fingerprint density at radius 3 is 2.67 bits per heavy atom. The van der Waals surface area contributed by atoms with E-state index in [-0.39, 0.29) is 5.69 Å². The first-order valence-electron chi connectivity index (χ1n) is 6.32. The zero-order chi connectivity index (χ0) is 15.4. The van der Waals surface area contributed by atoms with E-state index < -0.39 is 4.92 Å². The van der Waals surface area contributed by atoms with Crippen molar-refractivity contribution in [2.45, 2.75) is 13.5 Å². The molecule has 0 saturated carbocycles. The predicted octanol–water partition coefficient (Wildman–Crippen LogP) is 4.29. The van der Waals surface area contributed by atoms with E-state index in [1.54, 1.807) is 19.2 Å². The van der Waals surface area contributed by atoms with Gasteiger partial charge in [-0.3, -0.25) is 10.1 Å². The minimum absolute atomic E-state index is 0.0497. The molecule has 0 bridgehead atoms. The van der Waals surface area contributed by atoms with Crippen LogP contribution in [0.1, 0.15) is 11.1 Å². The number of halogens is 1. The second-order valence-corrected chi connectivity index (χ2v) is 5.45. The van der Waals surface area contributed by atoms with Crippen molar-refractivity contribution in [1.82, 2.24) is 0 Å². The third-order valence-corrected chi connectivity index (χ3v) is 3.70. The molecule has 0 atom stereocenters. The molecule has 1 N–H and O–H groups in total. The molecule has 0 aliphatic rings. The molecule has 0 fully saturated rings. The minimum Gasteiger partial charge on any atom is -0.496 e. The summed E-state index contributed by atoms with van der Waals surface area (Å²) < 4.78 is 5.78. The highest BCUT2D eigenvalue weighted by Gasteiger charge is 2.11. The zero-order valence-corrected chi connectivity index (χ0v) is 13.3. The number of nitro benzene ring substituents is 1. The second-order valence-electron chi connectivity index (χ2n) is 4.59. The largest absolute Gasteiger partial charge is 0.496 e. The second kappa shape index (κ2) is 6.58. The molecular weight excluding hydrogens is 336 g/mol. The summed E-state index contributed by atoms with van der Waals surface area (Å²) in [6, 6.07) is 10.8. The van der Waals surface area contributed by atoms with E-state index in [2.05, 4.69) is 21.2 Å². The molecule has 110 valence electrons. The third-order valence-electron chi connectivity index (χ3n) is 3.06. The van der Waals surface area contributed by atoms with E-state index in [1.807, 2.05) is 25.1 Å². The number of methoxy groups -OCH3 is 1. The van der Waals surface area contributed by atoms with Crippen LogP contribution in [0, 0.1) is 17.0 Å². The van der Waals surface area contributed by atoms with Gasteiger partial charge in [0, 0.05) is 23.9 Å². The van der Waals surface area contributed by atoms with Crippen molar-refractivity contribution in [3.63, 3.8) is 0 Å². The summed E-state index contributed by atoms with van der Waals surface area (Å²) in [6.07, 6.45) is 0. The van der Waals surface area contributed by atoms with Crippen molar-refractivity contribution in [3.05, 3.63) is 62.1 Å². The number of nitrogens with zero attached hydrogens (tertiary/aromatic N) is 1. The van der Waals surface area contributed by atoms with E-state index in [4.69, 9.17) is 4.74 Å². The molecule has 0 unspecified atom stereocenters. The number of anilines is 1. The maximum absolute atomic E-state index is 10.8. The first kappa shape index (κ1) is 15.3. The van der Waals surface area contributed by atoms with Crippen molar-refractivity contribution in [1.29, 1.82) is 0 Å². The zero-order valence-electron chi connectivity index (χ0n) is 11.7. The van der Waals surface area contributed by atoms with Gasteiger partial charge in [0.15, 0.2) is 0 Å². The Morgan fingerprint density at radius 1 is 1.29 bits per heavy atom. The van der Waals surface area contributed by atoms with Gasteiger partial charge in [-0.15, -0.1) is 0 Å². The highest BCUT2D eigenvalue weighted by molar-refractivity contribution is 9.10. The summed E-state index contributed by atoms with van der Waals surface area (Å²) in [4.78, 5) is 10.4. The Hall–Kier alpha value is -2.08. The number of rotatable bonds is 5. The van der Waals surface area contributed by atoms with Crippen LogP contribution in [0.25, 0.3) is 0 Å². The molecule has 2 aromatic carbocycles. The molecule has 2 rings (SSSR count). The molecular formula is C15H15BrN2O3. The summed E-state index contributed by atoms with van der Waals surface area (Å²) in [7, 11) is 1.64. The van der Waals surface area contributed by atoms with E-state index in [9.17, 15) is 10.1 Å². The Balaban J connectivity index is 2.15. The highest BCUT2D eigenvalue weighted by atomic mass is 79.9. The van der Waals surface area contributed by atoms with E-state index in [0.29, 0.717) is 11.0 Å². The summed E-state index contributed by atoms with van der Waals surface area (Å²) in [6.45, 7) is 2.60. The Labute approximate surface area is 131 Å². The Bertz CT molecular complexity index is 674. The smallest absolute Gasteiger partial charge is 0.283 e. The molecule has 0 heterocycles. The molecule has 6 heteroatoms. The lowest BCUT2D eigenvalue weighted by molar-refractivity contribution is -0.385. The number of nitro groups is 1. The van der Waals surface area contributed by atoms with Crippen LogP contribution in [-0.2, 0) is 6.54 Å². The summed E-state index contributed by atoms with van der Waals surface area (Å²) in [5.74, 6) is 0.814. The normalized spacial score (nSPS) is 10.2. The van der Waals surface area contributed by atoms with Gasteiger partial charge in [-0.1, -0.05) is 17.7 Å². The molecule has 21 heavy (non-hydrogen) atoms. The van der Waals surface area contributed by atoms with Crippen molar-refractivity contribution >= 4 is 27.3 Å². The van der Waals surface area contributed by atoms with Crippen molar-refractivity contribution in [2.24, 2.45) is 0 Å². The van der Waals surface area contributed by atoms with Crippen LogP contribution in [0.3, 0.4) is 0 Å². The first-order valence-corrected chi connectivity index (χ1v) is 7.12. The molecule has 0 aliphatic heterocycles. The van der Waals surface area contributed by atoms with Crippen LogP contribution < -0.4 is 10.1 Å². The first-order chi connectivity index (χ1) is 10.0. The van der Waals surface area contributed by atoms with Gasteiger partial charge < -0.3 is 10.1 Å². The average molecular weight is 351 g/mol. The van der Waals surface area contributed by atoms with Gasteiger partial charge in [0.05, 0.1) is 16.5 Å². The van der Waals surface area contributed by atoms with Crippen LogP contribution in [0.4, 0.5) is 11.4 Å². The summed E-state index contributed by atoms with van der Waals surface area (Å²) >= 11 is 3.21. The van der Waals surface area contributed by atoms with Gasteiger partial charge in [-0.05, 0) is 41.1 Å². The van der Waals surface area contributed by atoms with Crippen molar-refractivity contribution in [2.75, 3.05) is 12.4 Å². The number of nitrogens with one attached hydrogen (secondary N) is 1. The number of hydrogen-bond acceptors (Lipinski definition) is 4. The van der Waals surface area contributed by atoms with Crippen LogP contribution >= 0.6 is 15.9 Å². The lowest BCUT2D eigenvalue weighted by Crippen LogP contribution is -2.02. The number of aryl methyl sites for hydroxylation is 1. The molecule has 5 nitrogen and oxygen atoms in total.